The molecule has 2 aliphatic carbocycles. The maximum absolute atomic E-state index is 13.5. The number of hydrogen-bond donors (Lipinski definition) is 0. The molecule has 2 rings (SSSR count). The van der Waals surface area contributed by atoms with E-state index < -0.39 is 36.6 Å². The van der Waals surface area contributed by atoms with Crippen molar-refractivity contribution in [3.63, 3.8) is 0 Å². The first-order valence-electron chi connectivity index (χ1n) is 7.16. The Morgan fingerprint density at radius 1 is 0.957 bits per heavy atom. The summed E-state index contributed by atoms with van der Waals surface area (Å²) >= 11 is 0. The molecular weight excluding hydrogens is 330 g/mol. The summed E-state index contributed by atoms with van der Waals surface area (Å²) < 4.78 is 94.5. The number of halogens is 6. The van der Waals surface area contributed by atoms with Gasteiger partial charge < -0.3 is 14.2 Å². The summed E-state index contributed by atoms with van der Waals surface area (Å²) in [5, 5.41) is 0. The van der Waals surface area contributed by atoms with Crippen molar-refractivity contribution in [2.24, 2.45) is 17.8 Å². The molecule has 134 valence electrons. The SMILES string of the molecule is COCCOCOC(C1CC2C=CC1C2)(C(F)(F)F)C(F)(F)F. The third-order valence-corrected chi connectivity index (χ3v) is 4.45. The normalized spacial score (nSPS) is 27.9. The van der Waals surface area contributed by atoms with Gasteiger partial charge in [0, 0.05) is 13.0 Å². The maximum atomic E-state index is 13.5. The number of ether oxygens (including phenoxy) is 3. The first-order chi connectivity index (χ1) is 10.6. The topological polar surface area (TPSA) is 27.7 Å². The molecule has 2 aliphatic rings. The minimum Gasteiger partial charge on any atom is -0.382 e. The van der Waals surface area contributed by atoms with Crippen molar-refractivity contribution in [3.8, 4) is 0 Å². The van der Waals surface area contributed by atoms with Crippen LogP contribution in [-0.4, -0.2) is 45.1 Å². The van der Waals surface area contributed by atoms with Gasteiger partial charge in [-0.1, -0.05) is 12.2 Å². The van der Waals surface area contributed by atoms with E-state index in [9.17, 15) is 26.3 Å². The lowest BCUT2D eigenvalue weighted by Crippen LogP contribution is -2.64. The number of fused-ring (bicyclic) bond motifs is 2. The molecule has 0 saturated heterocycles. The van der Waals surface area contributed by atoms with Gasteiger partial charge in [0.05, 0.1) is 13.2 Å². The van der Waals surface area contributed by atoms with Crippen LogP contribution < -0.4 is 0 Å². The van der Waals surface area contributed by atoms with E-state index in [-0.39, 0.29) is 25.6 Å². The maximum Gasteiger partial charge on any atom is 0.426 e. The second kappa shape index (κ2) is 6.60. The third-order valence-electron chi connectivity index (χ3n) is 4.45. The Morgan fingerprint density at radius 3 is 2.04 bits per heavy atom. The molecule has 0 N–H and O–H groups in total. The van der Waals surface area contributed by atoms with Gasteiger partial charge in [-0.25, -0.2) is 0 Å². The van der Waals surface area contributed by atoms with Gasteiger partial charge in [-0.3, -0.25) is 0 Å². The molecule has 1 fully saturated rings. The molecule has 0 radical (unpaired) electrons. The molecule has 2 bridgehead atoms. The molecule has 3 nitrogen and oxygen atoms in total. The van der Waals surface area contributed by atoms with Crippen molar-refractivity contribution in [2.45, 2.75) is 30.8 Å². The average Bonchev–Trinajstić information content (AvgIpc) is 3.02. The highest BCUT2D eigenvalue weighted by Gasteiger charge is 2.77. The summed E-state index contributed by atoms with van der Waals surface area (Å²) in [7, 11) is 1.33. The van der Waals surface area contributed by atoms with E-state index in [1.165, 1.54) is 13.2 Å². The predicted molar refractivity (Wildman–Crippen MR) is 67.5 cm³/mol. The molecule has 0 amide bonds. The fourth-order valence-electron chi connectivity index (χ4n) is 3.44. The zero-order chi connectivity index (χ0) is 17.3. The number of rotatable bonds is 7. The van der Waals surface area contributed by atoms with Crippen molar-refractivity contribution in [2.75, 3.05) is 27.1 Å². The molecule has 9 heteroatoms. The number of alkyl halides is 6. The molecule has 3 atom stereocenters. The van der Waals surface area contributed by atoms with Crippen LogP contribution >= 0.6 is 0 Å². The average molecular weight is 348 g/mol. The summed E-state index contributed by atoms with van der Waals surface area (Å²) in [6, 6.07) is 0. The van der Waals surface area contributed by atoms with Crippen LogP contribution in [0.3, 0.4) is 0 Å². The Morgan fingerprint density at radius 2 is 1.61 bits per heavy atom. The summed E-state index contributed by atoms with van der Waals surface area (Å²) in [6.07, 6.45) is -7.96. The van der Waals surface area contributed by atoms with Gasteiger partial charge in [-0.15, -0.1) is 0 Å². The molecule has 0 aliphatic heterocycles. The second-order valence-electron chi connectivity index (χ2n) is 5.78. The van der Waals surface area contributed by atoms with E-state index in [1.807, 2.05) is 0 Å². The Labute approximate surface area is 129 Å². The molecule has 3 unspecified atom stereocenters. The van der Waals surface area contributed by atoms with E-state index in [0.29, 0.717) is 6.42 Å². The van der Waals surface area contributed by atoms with Crippen LogP contribution in [0, 0.1) is 17.8 Å². The van der Waals surface area contributed by atoms with Gasteiger partial charge in [0.25, 0.3) is 5.60 Å². The molecule has 0 aromatic carbocycles. The lowest BCUT2D eigenvalue weighted by molar-refractivity contribution is -0.411. The lowest BCUT2D eigenvalue weighted by atomic mass is 9.77. The molecule has 0 aromatic heterocycles. The van der Waals surface area contributed by atoms with Crippen LogP contribution in [0.15, 0.2) is 12.2 Å². The summed E-state index contributed by atoms with van der Waals surface area (Å²) in [5.74, 6) is -2.74. The zero-order valence-corrected chi connectivity index (χ0v) is 12.4. The molecular formula is C14H18F6O3. The van der Waals surface area contributed by atoms with Crippen LogP contribution in [0.1, 0.15) is 12.8 Å². The largest absolute Gasteiger partial charge is 0.426 e. The van der Waals surface area contributed by atoms with Gasteiger partial charge in [-0.05, 0) is 24.7 Å². The smallest absolute Gasteiger partial charge is 0.382 e. The zero-order valence-electron chi connectivity index (χ0n) is 12.4. The van der Waals surface area contributed by atoms with Gasteiger partial charge in [0.2, 0.25) is 0 Å². The van der Waals surface area contributed by atoms with Gasteiger partial charge >= 0.3 is 12.4 Å². The molecule has 0 aromatic rings. The quantitative estimate of drug-likeness (QED) is 0.304. The first kappa shape index (κ1) is 18.5. The van der Waals surface area contributed by atoms with E-state index in [1.54, 1.807) is 6.08 Å². The summed E-state index contributed by atoms with van der Waals surface area (Å²) in [5.41, 5.74) is -4.21. The number of methoxy groups -OCH3 is 1. The summed E-state index contributed by atoms with van der Waals surface area (Å²) in [4.78, 5) is 0. The Hall–Kier alpha value is -0.800. The number of hydrogen-bond acceptors (Lipinski definition) is 3. The van der Waals surface area contributed by atoms with Crippen molar-refractivity contribution < 1.29 is 40.6 Å². The van der Waals surface area contributed by atoms with Crippen molar-refractivity contribution in [1.29, 1.82) is 0 Å². The standard InChI is InChI=1S/C14H18F6O3/c1-21-4-5-22-8-23-12(13(15,16)17,14(18,19)20)11-7-9-2-3-10(11)6-9/h2-3,9-11H,4-8H2,1H3. The van der Waals surface area contributed by atoms with Crippen LogP contribution in [0.2, 0.25) is 0 Å². The fraction of sp³-hybridized carbons (Fsp3) is 0.857. The lowest BCUT2D eigenvalue weighted by Gasteiger charge is -2.43. The van der Waals surface area contributed by atoms with E-state index >= 15 is 0 Å². The van der Waals surface area contributed by atoms with Gasteiger partial charge in [-0.2, -0.15) is 26.3 Å². The fourth-order valence-corrected chi connectivity index (χ4v) is 3.44. The predicted octanol–water partition coefficient (Wildman–Crippen LogP) is 3.70. The third kappa shape index (κ3) is 3.36. The monoisotopic (exact) mass is 348 g/mol. The minimum atomic E-state index is -5.58. The minimum absolute atomic E-state index is 0.0469. The molecule has 0 heterocycles. The van der Waals surface area contributed by atoms with E-state index in [4.69, 9.17) is 4.74 Å². The molecule has 0 spiro atoms. The Balaban J connectivity index is 2.23. The second-order valence-corrected chi connectivity index (χ2v) is 5.78. The highest BCUT2D eigenvalue weighted by Crippen LogP contribution is 2.59. The van der Waals surface area contributed by atoms with Crippen LogP contribution in [0.5, 0.6) is 0 Å². The van der Waals surface area contributed by atoms with Crippen LogP contribution in [0.25, 0.3) is 0 Å². The van der Waals surface area contributed by atoms with Crippen molar-refractivity contribution >= 4 is 0 Å². The van der Waals surface area contributed by atoms with Crippen LogP contribution in [-0.2, 0) is 14.2 Å². The van der Waals surface area contributed by atoms with Crippen molar-refractivity contribution in [1.82, 2.24) is 0 Å². The number of allylic oxidation sites excluding steroid dienone is 2. The van der Waals surface area contributed by atoms with Crippen molar-refractivity contribution in [3.05, 3.63) is 12.2 Å². The van der Waals surface area contributed by atoms with Gasteiger partial charge in [0.1, 0.15) is 6.79 Å². The summed E-state index contributed by atoms with van der Waals surface area (Å²) in [6.45, 7) is -1.20. The highest BCUT2D eigenvalue weighted by molar-refractivity contribution is 5.17. The molecule has 23 heavy (non-hydrogen) atoms. The highest BCUT2D eigenvalue weighted by atomic mass is 19.4. The van der Waals surface area contributed by atoms with Crippen LogP contribution in [0.4, 0.5) is 26.3 Å². The van der Waals surface area contributed by atoms with Gasteiger partial charge in [0.15, 0.2) is 0 Å². The first-order valence-corrected chi connectivity index (χ1v) is 7.16. The molecule has 1 saturated carbocycles. The Kier molecular flexibility index (Phi) is 5.32. The van der Waals surface area contributed by atoms with E-state index in [0.717, 1.165) is 0 Å². The van der Waals surface area contributed by atoms with E-state index in [2.05, 4.69) is 9.47 Å². The Bertz CT molecular complexity index is 417.